The fraction of sp³-hybridized carbons (Fsp3) is 0.467. The van der Waals surface area contributed by atoms with Gasteiger partial charge in [0.25, 0.3) is 0 Å². The highest BCUT2D eigenvalue weighted by atomic mass is 14.7. The number of hydrogen-bond donors (Lipinski definition) is 1. The quantitative estimate of drug-likeness (QED) is 0.716. The second-order valence-electron chi connectivity index (χ2n) is 5.91. The molecule has 0 aliphatic carbocycles. The lowest BCUT2D eigenvalue weighted by Gasteiger charge is -2.18. The van der Waals surface area contributed by atoms with E-state index in [0.29, 0.717) is 5.92 Å². The molecule has 1 aromatic heterocycles. The molecule has 2 aromatic rings. The van der Waals surface area contributed by atoms with Gasteiger partial charge in [0, 0.05) is 17.1 Å². The average Bonchev–Trinajstić information content (AvgIpc) is 2.58. The molecule has 16 heavy (non-hydrogen) atoms. The zero-order valence-corrected chi connectivity index (χ0v) is 10.9. The molecule has 2 rings (SSSR count). The maximum atomic E-state index is 3.36. The predicted octanol–water partition coefficient (Wildman–Crippen LogP) is 4.59. The van der Waals surface area contributed by atoms with Crippen LogP contribution in [-0.2, 0) is 5.41 Å². The molecule has 1 heterocycles. The molecule has 0 atom stereocenters. The van der Waals surface area contributed by atoms with E-state index in [-0.39, 0.29) is 5.41 Å². The van der Waals surface area contributed by atoms with Gasteiger partial charge in [0.2, 0.25) is 0 Å². The van der Waals surface area contributed by atoms with Crippen LogP contribution in [0.4, 0.5) is 0 Å². The van der Waals surface area contributed by atoms with Crippen molar-refractivity contribution in [3.63, 3.8) is 0 Å². The summed E-state index contributed by atoms with van der Waals surface area (Å²) in [6.45, 7) is 11.3. The van der Waals surface area contributed by atoms with Gasteiger partial charge in [-0.2, -0.15) is 0 Å². The maximum absolute atomic E-state index is 3.36. The maximum Gasteiger partial charge on any atom is 0.0457 e. The first-order valence-corrected chi connectivity index (χ1v) is 6.01. The van der Waals surface area contributed by atoms with Crippen molar-refractivity contribution in [2.45, 2.75) is 46.0 Å². The van der Waals surface area contributed by atoms with Crippen molar-refractivity contribution in [1.29, 1.82) is 0 Å². The molecule has 0 unspecified atom stereocenters. The standard InChI is InChI=1S/C15H21N/c1-10(2)11-6-7-14-12(8-11)13(9-16-14)15(3,4)5/h6-10,16H,1-5H3. The van der Waals surface area contributed by atoms with E-state index >= 15 is 0 Å². The SMILES string of the molecule is CC(C)c1ccc2[nH]cc(C(C)(C)C)c2c1. The van der Waals surface area contributed by atoms with Gasteiger partial charge in [-0.3, -0.25) is 0 Å². The van der Waals surface area contributed by atoms with Crippen LogP contribution in [0, 0.1) is 0 Å². The van der Waals surface area contributed by atoms with E-state index in [2.05, 4.69) is 64.0 Å². The number of benzene rings is 1. The molecular formula is C15H21N. The highest BCUT2D eigenvalue weighted by Crippen LogP contribution is 2.31. The summed E-state index contributed by atoms with van der Waals surface area (Å²) in [5.41, 5.74) is 4.27. The molecule has 0 amide bonds. The Morgan fingerprint density at radius 2 is 1.81 bits per heavy atom. The molecule has 0 saturated heterocycles. The second-order valence-corrected chi connectivity index (χ2v) is 5.91. The van der Waals surface area contributed by atoms with Crippen LogP contribution in [0.25, 0.3) is 10.9 Å². The second kappa shape index (κ2) is 3.65. The van der Waals surface area contributed by atoms with Gasteiger partial charge in [0.15, 0.2) is 0 Å². The Kier molecular flexibility index (Phi) is 2.57. The van der Waals surface area contributed by atoms with Crippen LogP contribution in [0.1, 0.15) is 51.7 Å². The van der Waals surface area contributed by atoms with E-state index in [1.807, 2.05) is 0 Å². The van der Waals surface area contributed by atoms with E-state index in [0.717, 1.165) is 0 Å². The Morgan fingerprint density at radius 3 is 2.38 bits per heavy atom. The first-order valence-electron chi connectivity index (χ1n) is 6.01. The molecule has 1 aromatic carbocycles. The number of nitrogens with one attached hydrogen (secondary N) is 1. The van der Waals surface area contributed by atoms with Crippen molar-refractivity contribution in [1.82, 2.24) is 4.98 Å². The Balaban J connectivity index is 2.65. The predicted molar refractivity (Wildman–Crippen MR) is 71.1 cm³/mol. The number of hydrogen-bond acceptors (Lipinski definition) is 0. The Bertz CT molecular complexity index is 498. The van der Waals surface area contributed by atoms with Crippen LogP contribution in [0.2, 0.25) is 0 Å². The van der Waals surface area contributed by atoms with Gasteiger partial charge in [-0.25, -0.2) is 0 Å². The number of fused-ring (bicyclic) bond motifs is 1. The highest BCUT2D eigenvalue weighted by Gasteiger charge is 2.18. The monoisotopic (exact) mass is 215 g/mol. The summed E-state index contributed by atoms with van der Waals surface area (Å²) < 4.78 is 0. The molecule has 1 heteroatoms. The van der Waals surface area contributed by atoms with Gasteiger partial charge in [-0.15, -0.1) is 0 Å². The van der Waals surface area contributed by atoms with E-state index in [9.17, 15) is 0 Å². The Hall–Kier alpha value is -1.24. The molecule has 1 nitrogen and oxygen atoms in total. The van der Waals surface area contributed by atoms with Crippen LogP contribution in [-0.4, -0.2) is 4.98 Å². The highest BCUT2D eigenvalue weighted by molar-refractivity contribution is 5.85. The van der Waals surface area contributed by atoms with E-state index in [1.54, 1.807) is 0 Å². The summed E-state index contributed by atoms with van der Waals surface area (Å²) in [6.07, 6.45) is 2.15. The minimum atomic E-state index is 0.202. The van der Waals surface area contributed by atoms with Gasteiger partial charge < -0.3 is 4.98 Å². The Morgan fingerprint density at radius 1 is 1.12 bits per heavy atom. The van der Waals surface area contributed by atoms with Crippen LogP contribution in [0.3, 0.4) is 0 Å². The van der Waals surface area contributed by atoms with Crippen molar-refractivity contribution in [2.75, 3.05) is 0 Å². The van der Waals surface area contributed by atoms with Gasteiger partial charge in [0.1, 0.15) is 0 Å². The summed E-state index contributed by atoms with van der Waals surface area (Å²) in [5, 5.41) is 1.37. The molecule has 0 aliphatic heterocycles. The third-order valence-corrected chi connectivity index (χ3v) is 3.18. The number of aromatic nitrogens is 1. The van der Waals surface area contributed by atoms with Crippen LogP contribution in [0.15, 0.2) is 24.4 Å². The third kappa shape index (κ3) is 1.87. The molecule has 0 saturated carbocycles. The first kappa shape index (κ1) is 11.3. The minimum absolute atomic E-state index is 0.202. The van der Waals surface area contributed by atoms with Gasteiger partial charge in [-0.1, -0.05) is 40.7 Å². The minimum Gasteiger partial charge on any atom is -0.361 e. The van der Waals surface area contributed by atoms with E-state index in [4.69, 9.17) is 0 Å². The lowest BCUT2D eigenvalue weighted by atomic mass is 9.86. The van der Waals surface area contributed by atoms with Crippen LogP contribution in [0.5, 0.6) is 0 Å². The van der Waals surface area contributed by atoms with Crippen molar-refractivity contribution in [2.24, 2.45) is 0 Å². The topological polar surface area (TPSA) is 15.8 Å². The molecule has 86 valence electrons. The lowest BCUT2D eigenvalue weighted by Crippen LogP contribution is -2.10. The molecule has 0 spiro atoms. The fourth-order valence-corrected chi connectivity index (χ4v) is 2.12. The summed E-state index contributed by atoms with van der Waals surface area (Å²) in [4.78, 5) is 3.36. The fourth-order valence-electron chi connectivity index (χ4n) is 2.12. The normalized spacial score (nSPS) is 12.6. The van der Waals surface area contributed by atoms with Gasteiger partial charge in [0.05, 0.1) is 0 Å². The molecule has 0 radical (unpaired) electrons. The zero-order chi connectivity index (χ0) is 11.9. The lowest BCUT2D eigenvalue weighted by molar-refractivity contribution is 0.595. The van der Waals surface area contributed by atoms with Crippen LogP contribution < -0.4 is 0 Å². The number of rotatable bonds is 1. The summed E-state index contributed by atoms with van der Waals surface area (Å²) in [6, 6.07) is 6.74. The zero-order valence-electron chi connectivity index (χ0n) is 10.9. The van der Waals surface area contributed by atoms with E-state index in [1.165, 1.54) is 22.0 Å². The first-order chi connectivity index (χ1) is 7.39. The van der Waals surface area contributed by atoms with Gasteiger partial charge >= 0.3 is 0 Å². The number of aromatic amines is 1. The summed E-state index contributed by atoms with van der Waals surface area (Å²) in [7, 11) is 0. The summed E-state index contributed by atoms with van der Waals surface area (Å²) >= 11 is 0. The van der Waals surface area contributed by atoms with Crippen molar-refractivity contribution < 1.29 is 0 Å². The smallest absolute Gasteiger partial charge is 0.0457 e. The molecule has 0 bridgehead atoms. The van der Waals surface area contributed by atoms with Crippen molar-refractivity contribution >= 4 is 10.9 Å². The van der Waals surface area contributed by atoms with Crippen LogP contribution >= 0.6 is 0 Å². The van der Waals surface area contributed by atoms with Crippen molar-refractivity contribution in [3.8, 4) is 0 Å². The molecule has 0 aliphatic rings. The van der Waals surface area contributed by atoms with E-state index < -0.39 is 0 Å². The Labute approximate surface area is 97.9 Å². The third-order valence-electron chi connectivity index (χ3n) is 3.18. The largest absolute Gasteiger partial charge is 0.361 e. The number of H-pyrrole nitrogens is 1. The molecule has 0 fully saturated rings. The molecular weight excluding hydrogens is 194 g/mol. The van der Waals surface area contributed by atoms with Crippen molar-refractivity contribution in [3.05, 3.63) is 35.5 Å². The average molecular weight is 215 g/mol. The van der Waals surface area contributed by atoms with Gasteiger partial charge in [-0.05, 0) is 34.6 Å². The summed E-state index contributed by atoms with van der Waals surface area (Å²) in [5.74, 6) is 0.590. The molecule has 1 N–H and O–H groups in total.